The second kappa shape index (κ2) is 7.76. The summed E-state index contributed by atoms with van der Waals surface area (Å²) < 4.78 is 5.13. The van der Waals surface area contributed by atoms with E-state index in [4.69, 9.17) is 15.4 Å². The average molecular weight is 390 g/mol. The van der Waals surface area contributed by atoms with E-state index in [0.29, 0.717) is 24.4 Å². The minimum atomic E-state index is -0.941. The average Bonchev–Trinajstić information content (AvgIpc) is 2.89. The predicted octanol–water partition coefficient (Wildman–Crippen LogP) is 2.02. The first-order valence-electron chi connectivity index (χ1n) is 9.25. The van der Waals surface area contributed by atoms with Crippen molar-refractivity contribution in [2.45, 2.75) is 57.9 Å². The number of urea groups is 1. The Morgan fingerprint density at radius 2 is 1.89 bits per heavy atom. The van der Waals surface area contributed by atoms with Crippen molar-refractivity contribution < 1.29 is 24.0 Å². The molecule has 2 unspecified atom stereocenters. The van der Waals surface area contributed by atoms with Crippen LogP contribution in [0.2, 0.25) is 0 Å². The van der Waals surface area contributed by atoms with Gasteiger partial charge in [0.1, 0.15) is 18.2 Å². The van der Waals surface area contributed by atoms with E-state index < -0.39 is 29.7 Å². The number of nitrogens with two attached hydrogens (primary N) is 1. The first-order valence-corrected chi connectivity index (χ1v) is 9.25. The molecule has 4 amide bonds. The van der Waals surface area contributed by atoms with Crippen molar-refractivity contribution in [2.24, 2.45) is 5.84 Å². The molecule has 2 fully saturated rings. The third kappa shape index (κ3) is 4.26. The molecule has 28 heavy (non-hydrogen) atoms. The van der Waals surface area contributed by atoms with E-state index in [2.05, 4.69) is 0 Å². The van der Waals surface area contributed by atoms with Crippen molar-refractivity contribution in [3.63, 3.8) is 0 Å². The largest absolute Gasteiger partial charge is 0.442 e. The number of hydroxylamine groups is 2. The van der Waals surface area contributed by atoms with Gasteiger partial charge in [0, 0.05) is 6.54 Å². The number of ether oxygens (including phenoxy) is 1. The first kappa shape index (κ1) is 20.1. The number of fused-ring (bicyclic) bond motifs is 2. The van der Waals surface area contributed by atoms with E-state index >= 15 is 0 Å². The molecule has 3 rings (SSSR count). The normalized spacial score (nSPS) is 21.6. The van der Waals surface area contributed by atoms with E-state index in [1.807, 2.05) is 30.3 Å². The van der Waals surface area contributed by atoms with E-state index in [1.165, 1.54) is 9.96 Å². The van der Waals surface area contributed by atoms with Crippen LogP contribution in [0.15, 0.2) is 30.3 Å². The fourth-order valence-corrected chi connectivity index (χ4v) is 3.33. The van der Waals surface area contributed by atoms with Crippen molar-refractivity contribution in [3.05, 3.63) is 35.9 Å². The quantitative estimate of drug-likeness (QED) is 0.479. The van der Waals surface area contributed by atoms with Gasteiger partial charge in [-0.1, -0.05) is 30.3 Å². The van der Waals surface area contributed by atoms with Gasteiger partial charge in [-0.25, -0.2) is 15.4 Å². The second-order valence-corrected chi connectivity index (χ2v) is 7.96. The van der Waals surface area contributed by atoms with Gasteiger partial charge >= 0.3 is 12.1 Å². The highest BCUT2D eigenvalue weighted by atomic mass is 16.7. The van der Waals surface area contributed by atoms with Crippen LogP contribution in [0.3, 0.4) is 0 Å². The van der Waals surface area contributed by atoms with Crippen LogP contribution in [0.1, 0.15) is 39.2 Å². The van der Waals surface area contributed by atoms with Gasteiger partial charge in [0.05, 0.1) is 6.04 Å². The smallest absolute Gasteiger partial charge is 0.431 e. The Balaban J connectivity index is 1.63. The highest BCUT2D eigenvalue weighted by Gasteiger charge is 2.49. The summed E-state index contributed by atoms with van der Waals surface area (Å²) in [5.41, 5.74) is 0.162. The summed E-state index contributed by atoms with van der Waals surface area (Å²) in [5, 5.41) is 1.78. The molecule has 152 valence electrons. The molecule has 1 aromatic carbocycles. The topological polar surface area (TPSA) is 105 Å². The summed E-state index contributed by atoms with van der Waals surface area (Å²) in [5.74, 6) is 5.01. The van der Waals surface area contributed by atoms with Crippen LogP contribution in [0, 0.1) is 0 Å². The maximum atomic E-state index is 12.7. The third-order valence-electron chi connectivity index (χ3n) is 4.65. The summed E-state index contributed by atoms with van der Waals surface area (Å²) >= 11 is 0. The van der Waals surface area contributed by atoms with Crippen LogP contribution in [0.5, 0.6) is 0 Å². The molecule has 2 saturated heterocycles. The zero-order valence-electron chi connectivity index (χ0n) is 16.3. The number of piperidine rings is 1. The highest BCUT2D eigenvalue weighted by Crippen LogP contribution is 2.31. The Hall–Kier alpha value is -2.65. The number of benzene rings is 1. The molecule has 0 aliphatic carbocycles. The maximum Gasteiger partial charge on any atom is 0.431 e. The van der Waals surface area contributed by atoms with Gasteiger partial charge in [-0.3, -0.25) is 9.63 Å². The summed E-state index contributed by atoms with van der Waals surface area (Å²) in [4.78, 5) is 44.6. The fourth-order valence-electron chi connectivity index (χ4n) is 3.33. The molecule has 2 N–H and O–H groups in total. The summed E-state index contributed by atoms with van der Waals surface area (Å²) in [7, 11) is 0. The van der Waals surface area contributed by atoms with Gasteiger partial charge in [0.15, 0.2) is 0 Å². The molecule has 9 heteroatoms. The number of hydrazine groups is 1. The standard InChI is InChI=1S/C19H26N4O5/c1-19(2,3)28-18(26)22(20)16(24)15-10-9-14-11-21(15)17(25)23(14)27-12-13-7-5-4-6-8-13/h4-8,14-15H,9-12,20H2,1-3H3. The van der Waals surface area contributed by atoms with Gasteiger partial charge in [0.25, 0.3) is 5.91 Å². The molecule has 2 atom stereocenters. The molecule has 2 heterocycles. The molecule has 0 saturated carbocycles. The minimum Gasteiger partial charge on any atom is -0.442 e. The molecule has 2 aliphatic rings. The van der Waals surface area contributed by atoms with Crippen molar-refractivity contribution in [1.29, 1.82) is 0 Å². The Morgan fingerprint density at radius 3 is 2.54 bits per heavy atom. The van der Waals surface area contributed by atoms with Crippen molar-refractivity contribution >= 4 is 18.0 Å². The molecule has 2 aliphatic heterocycles. The van der Waals surface area contributed by atoms with Crippen LogP contribution >= 0.6 is 0 Å². The summed E-state index contributed by atoms with van der Waals surface area (Å²) in [6.45, 7) is 5.66. The number of amides is 4. The SMILES string of the molecule is CC(C)(C)OC(=O)N(N)C(=O)C1CCC2CN1C(=O)N2OCc1ccccc1. The van der Waals surface area contributed by atoms with Crippen molar-refractivity contribution in [3.8, 4) is 0 Å². The number of nitrogens with zero attached hydrogens (tertiary/aromatic N) is 3. The number of rotatable bonds is 4. The molecule has 0 spiro atoms. The van der Waals surface area contributed by atoms with Crippen molar-refractivity contribution in [2.75, 3.05) is 6.54 Å². The minimum absolute atomic E-state index is 0.131. The van der Waals surface area contributed by atoms with Crippen LogP contribution < -0.4 is 5.84 Å². The van der Waals surface area contributed by atoms with E-state index in [-0.39, 0.29) is 12.6 Å². The van der Waals surface area contributed by atoms with E-state index in [9.17, 15) is 14.4 Å². The Kier molecular flexibility index (Phi) is 5.57. The lowest BCUT2D eigenvalue weighted by atomic mass is 10.0. The number of hydrogen-bond donors (Lipinski definition) is 1. The van der Waals surface area contributed by atoms with Crippen LogP contribution in [-0.2, 0) is 21.0 Å². The lowest BCUT2D eigenvalue weighted by molar-refractivity contribution is -0.140. The number of carbonyl (C=O) groups excluding carboxylic acids is 3. The summed E-state index contributed by atoms with van der Waals surface area (Å²) in [6, 6.07) is 8.18. The first-order chi connectivity index (χ1) is 13.2. The van der Waals surface area contributed by atoms with Crippen LogP contribution in [0.4, 0.5) is 9.59 Å². The zero-order chi connectivity index (χ0) is 20.5. The van der Waals surface area contributed by atoms with E-state index in [0.717, 1.165) is 5.56 Å². The number of imide groups is 1. The molecule has 0 aromatic heterocycles. The molecule has 1 aromatic rings. The fraction of sp³-hybridized carbons (Fsp3) is 0.526. The molecular weight excluding hydrogens is 364 g/mol. The number of hydrogen-bond acceptors (Lipinski definition) is 6. The van der Waals surface area contributed by atoms with Crippen LogP contribution in [0.25, 0.3) is 0 Å². The Morgan fingerprint density at radius 1 is 1.21 bits per heavy atom. The number of carbonyl (C=O) groups is 3. The molecular formula is C19H26N4O5. The maximum absolute atomic E-state index is 12.7. The summed E-state index contributed by atoms with van der Waals surface area (Å²) in [6.07, 6.45) is 0.0375. The van der Waals surface area contributed by atoms with Gasteiger partial charge in [0.2, 0.25) is 0 Å². The molecule has 2 bridgehead atoms. The molecule has 0 radical (unpaired) electrons. The van der Waals surface area contributed by atoms with Crippen LogP contribution in [-0.4, -0.2) is 57.2 Å². The lowest BCUT2D eigenvalue weighted by Gasteiger charge is -2.31. The van der Waals surface area contributed by atoms with Crippen molar-refractivity contribution in [1.82, 2.24) is 15.0 Å². The zero-order valence-corrected chi connectivity index (χ0v) is 16.3. The lowest BCUT2D eigenvalue weighted by Crippen LogP contribution is -2.56. The highest BCUT2D eigenvalue weighted by molar-refractivity contribution is 5.96. The monoisotopic (exact) mass is 390 g/mol. The third-order valence-corrected chi connectivity index (χ3v) is 4.65. The van der Waals surface area contributed by atoms with Gasteiger partial charge in [-0.2, -0.15) is 10.1 Å². The Labute approximate surface area is 163 Å². The van der Waals surface area contributed by atoms with Gasteiger partial charge < -0.3 is 9.64 Å². The van der Waals surface area contributed by atoms with E-state index in [1.54, 1.807) is 20.8 Å². The predicted molar refractivity (Wildman–Crippen MR) is 99.2 cm³/mol. The molecule has 9 nitrogen and oxygen atoms in total. The second-order valence-electron chi connectivity index (χ2n) is 7.96. The van der Waals surface area contributed by atoms with Gasteiger partial charge in [-0.05, 0) is 39.2 Å². The Bertz CT molecular complexity index is 748. The van der Waals surface area contributed by atoms with Gasteiger partial charge in [-0.15, -0.1) is 0 Å².